The van der Waals surface area contributed by atoms with Gasteiger partial charge in [0.05, 0.1) is 0 Å². The normalized spacial score (nSPS) is 14.3. The Morgan fingerprint density at radius 3 is 2.04 bits per heavy atom. The van der Waals surface area contributed by atoms with Crippen molar-refractivity contribution in [3.05, 3.63) is 37.5 Å². The van der Waals surface area contributed by atoms with Gasteiger partial charge >= 0.3 is 17.9 Å². The third-order valence-corrected chi connectivity index (χ3v) is 2.95. The Labute approximate surface area is 143 Å². The molecule has 0 aliphatic carbocycles. The Hall–Kier alpha value is -2.37. The monoisotopic (exact) mass is 338 g/mol. The third kappa shape index (κ3) is 9.61. The molecule has 3 atom stereocenters. The smallest absolute Gasteiger partial charge is 0.330 e. The van der Waals surface area contributed by atoms with Gasteiger partial charge in [0.2, 0.25) is 0 Å². The minimum atomic E-state index is -0.892. The molecular weight excluding hydrogens is 312 g/mol. The molecule has 0 rings (SSSR count). The first-order valence-electron chi connectivity index (χ1n) is 7.82. The van der Waals surface area contributed by atoms with Gasteiger partial charge in [0, 0.05) is 19.9 Å². The standard InChI is InChI=1S/C18H26O6/c1-6-9-10-15(22-13(4)19)11-12-17(24-18(21)8-3)16(7-2)23-14(5)20/h7-8,11-12,15-17H,2-3,6,9-10H2,1,4-5H3/b12-11-/t15-,16-,17-/m0/s1. The number of carbonyl (C=O) groups is 3. The molecule has 0 N–H and O–H groups in total. The van der Waals surface area contributed by atoms with Crippen LogP contribution in [0.4, 0.5) is 0 Å². The summed E-state index contributed by atoms with van der Waals surface area (Å²) < 4.78 is 15.5. The third-order valence-electron chi connectivity index (χ3n) is 2.95. The molecule has 0 saturated carbocycles. The minimum Gasteiger partial charge on any atom is -0.458 e. The first kappa shape index (κ1) is 21.6. The van der Waals surface area contributed by atoms with E-state index in [9.17, 15) is 14.4 Å². The maximum Gasteiger partial charge on any atom is 0.330 e. The molecule has 0 aromatic heterocycles. The van der Waals surface area contributed by atoms with Gasteiger partial charge < -0.3 is 14.2 Å². The summed E-state index contributed by atoms with van der Waals surface area (Å²) in [6.45, 7) is 11.5. The Bertz CT molecular complexity index is 480. The summed E-state index contributed by atoms with van der Waals surface area (Å²) in [4.78, 5) is 33.8. The number of rotatable bonds is 11. The number of hydrogen-bond acceptors (Lipinski definition) is 6. The highest BCUT2D eigenvalue weighted by molar-refractivity contribution is 5.81. The van der Waals surface area contributed by atoms with Crippen molar-refractivity contribution in [1.29, 1.82) is 0 Å². The van der Waals surface area contributed by atoms with Crippen molar-refractivity contribution in [3.63, 3.8) is 0 Å². The highest BCUT2D eigenvalue weighted by Gasteiger charge is 2.23. The highest BCUT2D eigenvalue weighted by Crippen LogP contribution is 2.13. The molecule has 134 valence electrons. The van der Waals surface area contributed by atoms with E-state index in [1.807, 2.05) is 6.92 Å². The molecule has 0 saturated heterocycles. The molecule has 0 aliphatic heterocycles. The first-order valence-corrected chi connectivity index (χ1v) is 7.82. The molecule has 0 radical (unpaired) electrons. The number of ether oxygens (including phenoxy) is 3. The Morgan fingerprint density at radius 2 is 1.58 bits per heavy atom. The maximum absolute atomic E-state index is 11.5. The molecule has 6 heteroatoms. The zero-order valence-electron chi connectivity index (χ0n) is 14.5. The fraction of sp³-hybridized carbons (Fsp3) is 0.500. The van der Waals surface area contributed by atoms with Gasteiger partial charge in [-0.15, -0.1) is 0 Å². The molecule has 24 heavy (non-hydrogen) atoms. The van der Waals surface area contributed by atoms with E-state index in [4.69, 9.17) is 14.2 Å². The number of unbranched alkanes of at least 4 members (excludes halogenated alkanes) is 1. The van der Waals surface area contributed by atoms with Crippen molar-refractivity contribution < 1.29 is 28.6 Å². The summed E-state index contributed by atoms with van der Waals surface area (Å²) in [6.07, 6.45) is 5.78. The lowest BCUT2D eigenvalue weighted by Crippen LogP contribution is -2.32. The van der Waals surface area contributed by atoms with Crippen molar-refractivity contribution in [2.45, 2.75) is 58.3 Å². The second-order valence-electron chi connectivity index (χ2n) is 5.09. The molecule has 0 aromatic rings. The Balaban J connectivity index is 5.23. The lowest BCUT2D eigenvalue weighted by molar-refractivity contribution is -0.156. The molecular formula is C18H26O6. The Kier molecular flexibility index (Phi) is 10.9. The van der Waals surface area contributed by atoms with Crippen molar-refractivity contribution in [1.82, 2.24) is 0 Å². The van der Waals surface area contributed by atoms with E-state index in [0.717, 1.165) is 18.9 Å². The molecule has 0 aliphatic rings. The summed E-state index contributed by atoms with van der Waals surface area (Å²) in [7, 11) is 0. The van der Waals surface area contributed by atoms with Crippen molar-refractivity contribution in [2.75, 3.05) is 0 Å². The molecule has 0 spiro atoms. The van der Waals surface area contributed by atoms with E-state index in [1.54, 1.807) is 6.08 Å². The summed E-state index contributed by atoms with van der Waals surface area (Å²) in [5.74, 6) is -1.60. The van der Waals surface area contributed by atoms with Crippen LogP contribution in [0.5, 0.6) is 0 Å². The van der Waals surface area contributed by atoms with E-state index in [1.165, 1.54) is 26.0 Å². The fourth-order valence-electron chi connectivity index (χ4n) is 1.89. The topological polar surface area (TPSA) is 78.9 Å². The zero-order chi connectivity index (χ0) is 18.5. The van der Waals surface area contributed by atoms with Crippen LogP contribution in [0.25, 0.3) is 0 Å². The van der Waals surface area contributed by atoms with Gasteiger partial charge in [-0.1, -0.05) is 26.5 Å². The van der Waals surface area contributed by atoms with Crippen LogP contribution in [-0.4, -0.2) is 36.2 Å². The largest absolute Gasteiger partial charge is 0.458 e. The molecule has 0 unspecified atom stereocenters. The number of carbonyl (C=O) groups excluding carboxylic acids is 3. The van der Waals surface area contributed by atoms with E-state index in [2.05, 4.69) is 13.2 Å². The van der Waals surface area contributed by atoms with Crippen LogP contribution in [0.1, 0.15) is 40.0 Å². The SMILES string of the molecule is C=CC(=O)O[C@@H](/C=C\[C@H](CCCC)OC(C)=O)[C@H](C=C)OC(C)=O. The average molecular weight is 338 g/mol. The quantitative estimate of drug-likeness (QED) is 0.249. The van der Waals surface area contributed by atoms with Crippen LogP contribution >= 0.6 is 0 Å². The van der Waals surface area contributed by atoms with Gasteiger partial charge in [-0.2, -0.15) is 0 Å². The molecule has 0 bridgehead atoms. The molecule has 0 aromatic carbocycles. The van der Waals surface area contributed by atoms with Gasteiger partial charge in [-0.3, -0.25) is 9.59 Å². The van der Waals surface area contributed by atoms with E-state index >= 15 is 0 Å². The highest BCUT2D eigenvalue weighted by atomic mass is 16.6. The summed E-state index contributed by atoms with van der Waals surface area (Å²) in [6, 6.07) is 0. The zero-order valence-corrected chi connectivity index (χ0v) is 14.5. The van der Waals surface area contributed by atoms with Crippen LogP contribution in [0.3, 0.4) is 0 Å². The first-order chi connectivity index (χ1) is 11.3. The molecule has 0 fully saturated rings. The van der Waals surface area contributed by atoms with E-state index in [-0.39, 0.29) is 0 Å². The lowest BCUT2D eigenvalue weighted by atomic mass is 10.1. The van der Waals surface area contributed by atoms with E-state index in [0.29, 0.717) is 6.42 Å². The lowest BCUT2D eigenvalue weighted by Gasteiger charge is -2.22. The van der Waals surface area contributed by atoms with Crippen molar-refractivity contribution in [3.8, 4) is 0 Å². The fourth-order valence-corrected chi connectivity index (χ4v) is 1.89. The van der Waals surface area contributed by atoms with Crippen LogP contribution in [-0.2, 0) is 28.6 Å². The second-order valence-corrected chi connectivity index (χ2v) is 5.09. The summed E-state index contributed by atoms with van der Waals surface area (Å²) in [5.41, 5.74) is 0. The average Bonchev–Trinajstić information content (AvgIpc) is 2.52. The Morgan fingerprint density at radius 1 is 0.958 bits per heavy atom. The van der Waals surface area contributed by atoms with Crippen LogP contribution in [0.15, 0.2) is 37.5 Å². The predicted molar refractivity (Wildman–Crippen MR) is 90.0 cm³/mol. The molecule has 0 amide bonds. The number of hydrogen-bond donors (Lipinski definition) is 0. The molecule has 6 nitrogen and oxygen atoms in total. The summed E-state index contributed by atoms with van der Waals surface area (Å²) >= 11 is 0. The van der Waals surface area contributed by atoms with Crippen LogP contribution in [0.2, 0.25) is 0 Å². The number of esters is 3. The van der Waals surface area contributed by atoms with Crippen molar-refractivity contribution in [2.24, 2.45) is 0 Å². The predicted octanol–water partition coefficient (Wildman–Crippen LogP) is 2.88. The molecule has 0 heterocycles. The van der Waals surface area contributed by atoms with Gasteiger partial charge in [0.25, 0.3) is 0 Å². The van der Waals surface area contributed by atoms with Crippen LogP contribution in [0, 0.1) is 0 Å². The van der Waals surface area contributed by atoms with Crippen LogP contribution < -0.4 is 0 Å². The van der Waals surface area contributed by atoms with Gasteiger partial charge in [0.15, 0.2) is 12.2 Å². The van der Waals surface area contributed by atoms with E-state index < -0.39 is 36.2 Å². The van der Waals surface area contributed by atoms with Gasteiger partial charge in [0.1, 0.15) is 6.10 Å². The summed E-state index contributed by atoms with van der Waals surface area (Å²) in [5, 5.41) is 0. The van der Waals surface area contributed by atoms with Gasteiger partial charge in [-0.25, -0.2) is 4.79 Å². The van der Waals surface area contributed by atoms with Crippen molar-refractivity contribution >= 4 is 17.9 Å². The second kappa shape index (κ2) is 12.1. The minimum absolute atomic E-state index is 0.402. The van der Waals surface area contributed by atoms with Gasteiger partial charge in [-0.05, 0) is 31.1 Å². The maximum atomic E-state index is 11.5.